The second kappa shape index (κ2) is 69.0. The number of unbranched alkanes of at least 4 members (excludes halogenated alkanes) is 63. The van der Waals surface area contributed by atoms with Crippen molar-refractivity contribution >= 4 is 5.91 Å². The van der Waals surface area contributed by atoms with Gasteiger partial charge in [0.05, 0.1) is 25.4 Å². The van der Waals surface area contributed by atoms with E-state index in [1.807, 2.05) is 0 Å². The predicted molar refractivity (Wildman–Crippen MR) is 378 cm³/mol. The van der Waals surface area contributed by atoms with Crippen LogP contribution in [0.15, 0.2) is 0 Å². The molecular weight excluding hydrogens is 1090 g/mol. The van der Waals surface area contributed by atoms with E-state index in [9.17, 15) is 30.3 Å². The number of rotatable bonds is 73. The molecule has 0 radical (unpaired) electrons. The Morgan fingerprint density at radius 3 is 0.807 bits per heavy atom. The first-order valence-corrected chi connectivity index (χ1v) is 40.2. The summed E-state index contributed by atoms with van der Waals surface area (Å²) >= 11 is 0. The first kappa shape index (κ1) is 85.2. The average molecular weight is 1250 g/mol. The third-order valence-electron chi connectivity index (χ3n) is 20.0. The molecule has 0 aromatic rings. The van der Waals surface area contributed by atoms with Gasteiger partial charge in [0.15, 0.2) is 6.29 Å². The Bertz CT molecular complexity index is 1350. The number of nitrogens with one attached hydrogen (secondary N) is 1. The highest BCUT2D eigenvalue weighted by Crippen LogP contribution is 2.25. The molecule has 1 saturated heterocycles. The quantitative estimate of drug-likeness (QED) is 0.0330. The van der Waals surface area contributed by atoms with Crippen LogP contribution in [0.1, 0.15) is 444 Å². The van der Waals surface area contributed by atoms with Gasteiger partial charge in [-0.2, -0.15) is 0 Å². The van der Waals surface area contributed by atoms with Crippen LogP contribution in [0.2, 0.25) is 0 Å². The molecule has 1 rings (SSSR count). The van der Waals surface area contributed by atoms with Gasteiger partial charge in [-0.05, 0) is 12.8 Å². The molecule has 0 aromatic carbocycles. The Hall–Kier alpha value is -0.810. The minimum Gasteiger partial charge on any atom is -0.394 e. The molecule has 1 aliphatic rings. The summed E-state index contributed by atoms with van der Waals surface area (Å²) in [5, 5.41) is 55.0. The lowest BCUT2D eigenvalue weighted by Gasteiger charge is -2.40. The molecular formula is C79H157NO8. The van der Waals surface area contributed by atoms with Gasteiger partial charge in [0.25, 0.3) is 0 Å². The zero-order valence-corrected chi connectivity index (χ0v) is 59.3. The molecule has 0 bridgehead atoms. The highest BCUT2D eigenvalue weighted by molar-refractivity contribution is 5.76. The van der Waals surface area contributed by atoms with Crippen molar-refractivity contribution in [3.63, 3.8) is 0 Å². The van der Waals surface area contributed by atoms with Crippen LogP contribution in [-0.4, -0.2) is 87.5 Å². The third kappa shape index (κ3) is 56.7. The molecule has 7 unspecified atom stereocenters. The molecule has 1 amide bonds. The van der Waals surface area contributed by atoms with Gasteiger partial charge in [0, 0.05) is 6.42 Å². The fourth-order valence-corrected chi connectivity index (χ4v) is 13.7. The lowest BCUT2D eigenvalue weighted by atomic mass is 9.99. The van der Waals surface area contributed by atoms with E-state index in [0.29, 0.717) is 12.8 Å². The topological polar surface area (TPSA) is 149 Å². The number of aliphatic hydroxyl groups excluding tert-OH is 5. The summed E-state index contributed by atoms with van der Waals surface area (Å²) in [6.45, 7) is 3.92. The largest absolute Gasteiger partial charge is 0.394 e. The monoisotopic (exact) mass is 1250 g/mol. The van der Waals surface area contributed by atoms with Crippen LogP contribution in [-0.2, 0) is 14.3 Å². The van der Waals surface area contributed by atoms with Crippen LogP contribution in [0.25, 0.3) is 0 Å². The molecule has 0 spiro atoms. The maximum atomic E-state index is 13.2. The molecule has 6 N–H and O–H groups in total. The van der Waals surface area contributed by atoms with Crippen LogP contribution in [0.4, 0.5) is 0 Å². The summed E-state index contributed by atoms with van der Waals surface area (Å²) in [7, 11) is 0. The molecule has 9 nitrogen and oxygen atoms in total. The maximum Gasteiger partial charge on any atom is 0.220 e. The Balaban J connectivity index is 2.00. The molecule has 9 heteroatoms. The summed E-state index contributed by atoms with van der Waals surface area (Å²) in [4.78, 5) is 13.2. The zero-order valence-electron chi connectivity index (χ0n) is 59.3. The normalized spacial score (nSPS) is 17.7. The second-order valence-electron chi connectivity index (χ2n) is 28.6. The number of carbonyl (C=O) groups is 1. The Kier molecular flexibility index (Phi) is 66.8. The number of amides is 1. The Labute approximate surface area is 548 Å². The van der Waals surface area contributed by atoms with Crippen molar-refractivity contribution in [3.05, 3.63) is 0 Å². The van der Waals surface area contributed by atoms with Crippen molar-refractivity contribution < 1.29 is 39.8 Å². The van der Waals surface area contributed by atoms with Gasteiger partial charge >= 0.3 is 0 Å². The first-order chi connectivity index (χ1) is 43.3. The molecule has 88 heavy (non-hydrogen) atoms. The zero-order chi connectivity index (χ0) is 63.5. The highest BCUT2D eigenvalue weighted by Gasteiger charge is 2.44. The van der Waals surface area contributed by atoms with Gasteiger partial charge in [-0.25, -0.2) is 0 Å². The summed E-state index contributed by atoms with van der Waals surface area (Å²) in [6, 6.07) is -0.716. The smallest absolute Gasteiger partial charge is 0.220 e. The van der Waals surface area contributed by atoms with Gasteiger partial charge in [-0.1, -0.05) is 425 Å². The summed E-state index contributed by atoms with van der Waals surface area (Å²) in [6.07, 6.45) is 82.3. The van der Waals surface area contributed by atoms with Crippen LogP contribution in [0.5, 0.6) is 0 Å². The van der Waals surface area contributed by atoms with Crippen LogP contribution in [0.3, 0.4) is 0 Å². The van der Waals surface area contributed by atoms with E-state index in [1.54, 1.807) is 0 Å². The van der Waals surface area contributed by atoms with E-state index in [1.165, 1.54) is 379 Å². The van der Waals surface area contributed by atoms with E-state index in [-0.39, 0.29) is 12.5 Å². The first-order valence-electron chi connectivity index (χ1n) is 40.2. The standard InChI is InChI=1S/C79H157NO8/c1-3-5-7-9-11-13-15-17-19-21-23-25-27-29-30-31-32-33-34-35-36-37-38-39-40-41-42-43-44-45-47-49-51-53-55-57-59-61-63-65-67-69-75(83)80-72(71-87-79-78(86)77(85)76(84)74(70-81)88-79)73(82)68-66-64-62-60-58-56-54-52-50-48-46-28-26-24-22-20-18-16-14-12-10-8-6-4-2/h72-74,76-79,81-82,84-86H,3-71H2,1-2H3,(H,80,83). The molecule has 0 saturated carbocycles. The summed E-state index contributed by atoms with van der Waals surface area (Å²) in [5.74, 6) is -0.132. The number of aliphatic hydroxyl groups is 5. The van der Waals surface area contributed by atoms with Gasteiger partial charge in [0.2, 0.25) is 5.91 Å². The van der Waals surface area contributed by atoms with Crippen LogP contribution < -0.4 is 5.32 Å². The van der Waals surface area contributed by atoms with Crippen LogP contribution >= 0.6 is 0 Å². The highest BCUT2D eigenvalue weighted by atomic mass is 16.7. The number of hydrogen-bond donors (Lipinski definition) is 6. The van der Waals surface area contributed by atoms with E-state index in [2.05, 4.69) is 19.2 Å². The molecule has 1 fully saturated rings. The lowest BCUT2D eigenvalue weighted by molar-refractivity contribution is -0.302. The van der Waals surface area contributed by atoms with Crippen molar-refractivity contribution in [3.8, 4) is 0 Å². The van der Waals surface area contributed by atoms with Crippen LogP contribution in [0, 0.1) is 0 Å². The summed E-state index contributed by atoms with van der Waals surface area (Å²) < 4.78 is 11.4. The summed E-state index contributed by atoms with van der Waals surface area (Å²) in [5.41, 5.74) is 0. The van der Waals surface area contributed by atoms with Gasteiger partial charge in [-0.15, -0.1) is 0 Å². The third-order valence-corrected chi connectivity index (χ3v) is 20.0. The molecule has 0 aliphatic carbocycles. The molecule has 0 aromatic heterocycles. The minimum absolute atomic E-state index is 0.130. The van der Waals surface area contributed by atoms with E-state index < -0.39 is 49.5 Å². The maximum absolute atomic E-state index is 13.2. The van der Waals surface area contributed by atoms with Gasteiger partial charge in [-0.3, -0.25) is 4.79 Å². The van der Waals surface area contributed by atoms with E-state index in [0.717, 1.165) is 38.5 Å². The Morgan fingerprint density at radius 2 is 0.568 bits per heavy atom. The Morgan fingerprint density at radius 1 is 0.341 bits per heavy atom. The van der Waals surface area contributed by atoms with Gasteiger partial charge < -0.3 is 40.3 Å². The predicted octanol–water partition coefficient (Wildman–Crippen LogP) is 22.8. The fraction of sp³-hybridized carbons (Fsp3) is 0.987. The SMILES string of the molecule is CCCCCCCCCCCCCCCCCCCCCCCCCCCCCCCCCCCCCCCCCCCC(=O)NC(COC1OC(CO)C(O)C(O)C1O)C(O)CCCCCCCCCCCCCCCCCCCCCCCCCC. The second-order valence-corrected chi connectivity index (χ2v) is 28.6. The fourth-order valence-electron chi connectivity index (χ4n) is 13.7. The molecule has 1 heterocycles. The molecule has 526 valence electrons. The van der Waals surface area contributed by atoms with E-state index >= 15 is 0 Å². The lowest BCUT2D eigenvalue weighted by Crippen LogP contribution is -2.60. The van der Waals surface area contributed by atoms with Crippen molar-refractivity contribution in [2.24, 2.45) is 0 Å². The van der Waals surface area contributed by atoms with Crippen molar-refractivity contribution in [2.75, 3.05) is 13.2 Å². The van der Waals surface area contributed by atoms with Crippen molar-refractivity contribution in [1.82, 2.24) is 5.32 Å². The van der Waals surface area contributed by atoms with Crippen molar-refractivity contribution in [2.45, 2.75) is 487 Å². The molecule has 7 atom stereocenters. The average Bonchev–Trinajstić information content (AvgIpc) is 3.31. The van der Waals surface area contributed by atoms with Gasteiger partial charge in [0.1, 0.15) is 24.4 Å². The molecule has 1 aliphatic heterocycles. The number of hydrogen-bond acceptors (Lipinski definition) is 8. The van der Waals surface area contributed by atoms with E-state index in [4.69, 9.17) is 9.47 Å². The number of ether oxygens (including phenoxy) is 2. The minimum atomic E-state index is -1.55. The number of carbonyl (C=O) groups excluding carboxylic acids is 1. The van der Waals surface area contributed by atoms with Crippen molar-refractivity contribution in [1.29, 1.82) is 0 Å².